The molecule has 0 atom stereocenters. The van der Waals surface area contributed by atoms with Crippen LogP contribution in [0.4, 0.5) is 0 Å². The molecule has 0 radical (unpaired) electrons. The highest BCUT2D eigenvalue weighted by molar-refractivity contribution is 6.30. The quantitative estimate of drug-likeness (QED) is 0.786. The van der Waals surface area contributed by atoms with Crippen LogP contribution in [0.1, 0.15) is 5.69 Å². The van der Waals surface area contributed by atoms with Gasteiger partial charge in [-0.3, -0.25) is 0 Å². The van der Waals surface area contributed by atoms with E-state index in [1.54, 1.807) is 24.3 Å². The molecule has 3 nitrogen and oxygen atoms in total. The van der Waals surface area contributed by atoms with E-state index in [1.807, 2.05) is 29.8 Å². The van der Waals surface area contributed by atoms with Crippen molar-refractivity contribution in [2.75, 3.05) is 0 Å². The molecular weight excluding hydrogens is 274 g/mol. The maximum absolute atomic E-state index is 9.54. The van der Waals surface area contributed by atoms with Crippen LogP contribution in [0.25, 0.3) is 10.9 Å². The molecule has 3 rings (SSSR count). The Bertz CT molecular complexity index is 747. The number of phenolic OH excluding ortho intramolecular Hbond substituents is 1. The van der Waals surface area contributed by atoms with Gasteiger partial charge in [0.2, 0.25) is 0 Å². The van der Waals surface area contributed by atoms with Crippen LogP contribution in [-0.2, 0) is 13.7 Å². The molecule has 102 valence electrons. The Kier molecular flexibility index (Phi) is 3.28. The first-order valence-corrected chi connectivity index (χ1v) is 6.67. The van der Waals surface area contributed by atoms with Gasteiger partial charge in [-0.15, -0.1) is 0 Å². The van der Waals surface area contributed by atoms with E-state index >= 15 is 0 Å². The number of ether oxygens (including phenoxy) is 1. The molecule has 0 aliphatic heterocycles. The van der Waals surface area contributed by atoms with E-state index in [1.165, 1.54) is 0 Å². The highest BCUT2D eigenvalue weighted by atomic mass is 35.5. The molecule has 2 aromatic carbocycles. The Morgan fingerprint density at radius 1 is 1.10 bits per heavy atom. The molecule has 0 aliphatic carbocycles. The van der Waals surface area contributed by atoms with E-state index in [2.05, 4.69) is 6.07 Å². The lowest BCUT2D eigenvalue weighted by Crippen LogP contribution is -2.01. The third-order valence-corrected chi connectivity index (χ3v) is 3.58. The number of aromatic hydroxyl groups is 1. The maximum Gasteiger partial charge on any atom is 0.128 e. The Morgan fingerprint density at radius 3 is 2.60 bits per heavy atom. The Balaban J connectivity index is 1.84. The number of aromatic nitrogens is 1. The van der Waals surface area contributed by atoms with Crippen molar-refractivity contribution in [2.45, 2.75) is 6.61 Å². The van der Waals surface area contributed by atoms with Gasteiger partial charge in [0, 0.05) is 23.5 Å². The lowest BCUT2D eigenvalue weighted by atomic mass is 10.2. The summed E-state index contributed by atoms with van der Waals surface area (Å²) in [5.74, 6) is 1.05. The highest BCUT2D eigenvalue weighted by Crippen LogP contribution is 2.24. The fraction of sp³-hybridized carbons (Fsp3) is 0.125. The van der Waals surface area contributed by atoms with Crippen LogP contribution in [0.2, 0.25) is 5.02 Å². The van der Waals surface area contributed by atoms with Crippen molar-refractivity contribution in [3.05, 3.63) is 59.2 Å². The molecule has 0 spiro atoms. The van der Waals surface area contributed by atoms with Gasteiger partial charge in [-0.1, -0.05) is 11.6 Å². The molecule has 4 heteroatoms. The van der Waals surface area contributed by atoms with Crippen LogP contribution in [0.15, 0.2) is 48.5 Å². The fourth-order valence-electron chi connectivity index (χ4n) is 2.20. The van der Waals surface area contributed by atoms with Crippen molar-refractivity contribution < 1.29 is 9.84 Å². The standard InChI is InChI=1S/C16H14ClNO2/c1-18-13(8-11-2-5-14(19)9-16(11)18)10-20-15-6-3-12(17)4-7-15/h2-9,19H,10H2,1H3. The van der Waals surface area contributed by atoms with Crippen molar-refractivity contribution in [3.8, 4) is 11.5 Å². The van der Waals surface area contributed by atoms with Crippen molar-refractivity contribution in [2.24, 2.45) is 7.05 Å². The van der Waals surface area contributed by atoms with E-state index in [9.17, 15) is 5.11 Å². The maximum atomic E-state index is 9.54. The average Bonchev–Trinajstić information content (AvgIpc) is 2.75. The van der Waals surface area contributed by atoms with E-state index in [0.717, 1.165) is 22.3 Å². The van der Waals surface area contributed by atoms with Crippen molar-refractivity contribution >= 4 is 22.5 Å². The van der Waals surface area contributed by atoms with Crippen molar-refractivity contribution in [3.63, 3.8) is 0 Å². The van der Waals surface area contributed by atoms with E-state index < -0.39 is 0 Å². The number of fused-ring (bicyclic) bond motifs is 1. The summed E-state index contributed by atoms with van der Waals surface area (Å²) < 4.78 is 7.76. The smallest absolute Gasteiger partial charge is 0.128 e. The predicted molar refractivity (Wildman–Crippen MR) is 80.4 cm³/mol. The molecule has 1 heterocycles. The molecule has 1 N–H and O–H groups in total. The summed E-state index contributed by atoms with van der Waals surface area (Å²) in [6.07, 6.45) is 0. The second-order valence-corrected chi connectivity index (χ2v) is 5.12. The van der Waals surface area contributed by atoms with Crippen LogP contribution in [0, 0.1) is 0 Å². The number of phenols is 1. The van der Waals surface area contributed by atoms with Gasteiger partial charge in [-0.2, -0.15) is 0 Å². The number of benzene rings is 2. The second-order valence-electron chi connectivity index (χ2n) is 4.68. The molecule has 3 aromatic rings. The zero-order valence-corrected chi connectivity index (χ0v) is 11.8. The highest BCUT2D eigenvalue weighted by Gasteiger charge is 2.07. The van der Waals surface area contributed by atoms with Gasteiger partial charge in [0.1, 0.15) is 18.1 Å². The molecule has 1 aromatic heterocycles. The van der Waals surface area contributed by atoms with Crippen LogP contribution in [-0.4, -0.2) is 9.67 Å². The number of hydrogen-bond acceptors (Lipinski definition) is 2. The molecule has 0 saturated heterocycles. The summed E-state index contributed by atoms with van der Waals surface area (Å²) in [6, 6.07) is 14.7. The zero-order chi connectivity index (χ0) is 14.1. The molecule has 0 amide bonds. The first kappa shape index (κ1) is 12.9. The second kappa shape index (κ2) is 5.10. The zero-order valence-electron chi connectivity index (χ0n) is 11.0. The monoisotopic (exact) mass is 287 g/mol. The molecule has 0 saturated carbocycles. The largest absolute Gasteiger partial charge is 0.508 e. The van der Waals surface area contributed by atoms with Gasteiger partial charge in [0.25, 0.3) is 0 Å². The number of nitrogens with zero attached hydrogens (tertiary/aromatic N) is 1. The van der Waals surface area contributed by atoms with E-state index in [4.69, 9.17) is 16.3 Å². The Labute approximate surface area is 122 Å². The summed E-state index contributed by atoms with van der Waals surface area (Å²) in [5, 5.41) is 11.3. The van der Waals surface area contributed by atoms with Crippen LogP contribution < -0.4 is 4.74 Å². The first-order valence-electron chi connectivity index (χ1n) is 6.29. The summed E-state index contributed by atoms with van der Waals surface area (Å²) in [5.41, 5.74) is 2.03. The molecule has 0 fully saturated rings. The van der Waals surface area contributed by atoms with E-state index in [0.29, 0.717) is 11.6 Å². The SMILES string of the molecule is Cn1c(COc2ccc(Cl)cc2)cc2ccc(O)cc21. The van der Waals surface area contributed by atoms with E-state index in [-0.39, 0.29) is 5.75 Å². The molecule has 20 heavy (non-hydrogen) atoms. The first-order chi connectivity index (χ1) is 9.63. The average molecular weight is 288 g/mol. The summed E-state index contributed by atoms with van der Waals surface area (Å²) >= 11 is 5.84. The number of halogens is 1. The normalized spacial score (nSPS) is 10.9. The van der Waals surface area contributed by atoms with Crippen molar-refractivity contribution in [1.29, 1.82) is 0 Å². The van der Waals surface area contributed by atoms with Gasteiger partial charge >= 0.3 is 0 Å². The number of hydrogen-bond donors (Lipinski definition) is 1. The summed E-state index contributed by atoms with van der Waals surface area (Å²) in [4.78, 5) is 0. The predicted octanol–water partition coefficient (Wildman–Crippen LogP) is 4.12. The summed E-state index contributed by atoms with van der Waals surface area (Å²) in [7, 11) is 1.96. The van der Waals surface area contributed by atoms with Gasteiger partial charge in [0.15, 0.2) is 0 Å². The minimum Gasteiger partial charge on any atom is -0.508 e. The lowest BCUT2D eigenvalue weighted by Gasteiger charge is -2.07. The van der Waals surface area contributed by atoms with Crippen LogP contribution in [0.3, 0.4) is 0 Å². The number of aryl methyl sites for hydroxylation is 1. The van der Waals surface area contributed by atoms with Gasteiger partial charge in [-0.05, 0) is 42.5 Å². The van der Waals surface area contributed by atoms with Crippen LogP contribution >= 0.6 is 11.6 Å². The Morgan fingerprint density at radius 2 is 1.85 bits per heavy atom. The van der Waals surface area contributed by atoms with Gasteiger partial charge in [-0.25, -0.2) is 0 Å². The number of rotatable bonds is 3. The van der Waals surface area contributed by atoms with Gasteiger partial charge < -0.3 is 14.4 Å². The lowest BCUT2D eigenvalue weighted by molar-refractivity contribution is 0.298. The van der Waals surface area contributed by atoms with Crippen LogP contribution in [0.5, 0.6) is 11.5 Å². The summed E-state index contributed by atoms with van der Waals surface area (Å²) in [6.45, 7) is 0.466. The Hall–Kier alpha value is -2.13. The minimum atomic E-state index is 0.267. The molecule has 0 unspecified atom stereocenters. The molecule has 0 aliphatic rings. The fourth-order valence-corrected chi connectivity index (χ4v) is 2.33. The topological polar surface area (TPSA) is 34.4 Å². The third kappa shape index (κ3) is 2.45. The van der Waals surface area contributed by atoms with Crippen molar-refractivity contribution in [1.82, 2.24) is 4.57 Å². The molecular formula is C16H14ClNO2. The third-order valence-electron chi connectivity index (χ3n) is 3.33. The van der Waals surface area contributed by atoms with Gasteiger partial charge in [0.05, 0.1) is 11.2 Å². The minimum absolute atomic E-state index is 0.267. The molecule has 0 bridgehead atoms.